The van der Waals surface area contributed by atoms with E-state index in [-0.39, 0.29) is 30.7 Å². The highest BCUT2D eigenvalue weighted by Gasteiger charge is 2.36. The Morgan fingerprint density at radius 1 is 1.10 bits per heavy atom. The molecule has 6 nitrogen and oxygen atoms in total. The molecule has 0 aromatic heterocycles. The van der Waals surface area contributed by atoms with E-state index >= 15 is 0 Å². The van der Waals surface area contributed by atoms with Crippen LogP contribution in [0.5, 0.6) is 0 Å². The van der Waals surface area contributed by atoms with Gasteiger partial charge < -0.3 is 15.5 Å². The first-order valence-corrected chi connectivity index (χ1v) is 11.0. The van der Waals surface area contributed by atoms with E-state index < -0.39 is 5.92 Å². The Hall–Kier alpha value is -3.15. The number of hydrogen-bond acceptors (Lipinski definition) is 3. The van der Waals surface area contributed by atoms with Crippen LogP contribution in [-0.4, -0.2) is 30.8 Å². The molecular weight excluding hydrogens is 390 g/mol. The normalized spacial score (nSPS) is 16.8. The molecule has 164 valence electrons. The van der Waals surface area contributed by atoms with E-state index in [1.54, 1.807) is 4.90 Å². The van der Waals surface area contributed by atoms with Crippen LogP contribution >= 0.6 is 0 Å². The minimum absolute atomic E-state index is 0.0581. The number of hydrogen-bond donors (Lipinski definition) is 2. The quantitative estimate of drug-likeness (QED) is 0.679. The maximum atomic E-state index is 12.7. The van der Waals surface area contributed by atoms with Crippen LogP contribution in [0.2, 0.25) is 0 Å². The zero-order chi connectivity index (χ0) is 22.4. The summed E-state index contributed by atoms with van der Waals surface area (Å²) in [4.78, 5) is 39.3. The molecule has 0 spiro atoms. The van der Waals surface area contributed by atoms with Gasteiger partial charge in [0.15, 0.2) is 0 Å². The van der Waals surface area contributed by atoms with E-state index in [2.05, 4.69) is 24.5 Å². The lowest BCUT2D eigenvalue weighted by Gasteiger charge is -2.23. The summed E-state index contributed by atoms with van der Waals surface area (Å²) in [7, 11) is 0. The minimum Gasteiger partial charge on any atom is -0.347 e. The summed E-state index contributed by atoms with van der Waals surface area (Å²) in [6.45, 7) is 6.49. The van der Waals surface area contributed by atoms with Crippen LogP contribution in [0.3, 0.4) is 0 Å². The number of amides is 3. The lowest BCUT2D eigenvalue weighted by molar-refractivity contribution is -0.127. The molecule has 0 aliphatic carbocycles. The molecule has 2 atom stereocenters. The number of carbonyl (C=O) groups is 3. The zero-order valence-electron chi connectivity index (χ0n) is 18.5. The molecule has 1 fully saturated rings. The van der Waals surface area contributed by atoms with Gasteiger partial charge in [-0.3, -0.25) is 14.4 Å². The average molecular weight is 422 g/mol. The number of nitrogens with one attached hydrogen (secondary N) is 2. The van der Waals surface area contributed by atoms with Gasteiger partial charge in [0.05, 0.1) is 12.5 Å². The Kier molecular flexibility index (Phi) is 7.45. The topological polar surface area (TPSA) is 78.5 Å². The van der Waals surface area contributed by atoms with Crippen molar-refractivity contribution in [2.45, 2.75) is 46.0 Å². The van der Waals surface area contributed by atoms with Gasteiger partial charge in [-0.25, -0.2) is 0 Å². The van der Waals surface area contributed by atoms with E-state index in [9.17, 15) is 14.4 Å². The molecule has 2 unspecified atom stereocenters. The van der Waals surface area contributed by atoms with E-state index in [4.69, 9.17) is 0 Å². The number of carbonyl (C=O) groups excluding carboxylic acids is 3. The third kappa shape index (κ3) is 5.32. The minimum atomic E-state index is -0.465. The second-order valence-electron chi connectivity index (χ2n) is 8.05. The van der Waals surface area contributed by atoms with Gasteiger partial charge in [-0.2, -0.15) is 0 Å². The molecule has 2 N–H and O–H groups in total. The first-order chi connectivity index (χ1) is 14.9. The van der Waals surface area contributed by atoms with Gasteiger partial charge in [0.1, 0.15) is 0 Å². The fourth-order valence-electron chi connectivity index (χ4n) is 3.94. The van der Waals surface area contributed by atoms with Crippen molar-refractivity contribution < 1.29 is 14.4 Å². The lowest BCUT2D eigenvalue weighted by Crippen LogP contribution is -2.38. The smallest absolute Gasteiger partial charge is 0.243 e. The largest absolute Gasteiger partial charge is 0.347 e. The summed E-state index contributed by atoms with van der Waals surface area (Å²) in [5.74, 6) is -0.745. The van der Waals surface area contributed by atoms with Crippen LogP contribution in [-0.2, 0) is 20.8 Å². The van der Waals surface area contributed by atoms with E-state index in [0.29, 0.717) is 12.5 Å². The molecular formula is C25H31N3O3. The van der Waals surface area contributed by atoms with Gasteiger partial charge in [-0.15, -0.1) is 0 Å². The van der Waals surface area contributed by atoms with Crippen molar-refractivity contribution in [2.75, 3.05) is 23.3 Å². The predicted molar refractivity (Wildman–Crippen MR) is 123 cm³/mol. The Labute approximate surface area is 184 Å². The molecule has 1 heterocycles. The summed E-state index contributed by atoms with van der Waals surface area (Å²) in [5.41, 5.74) is 3.80. The molecule has 0 radical (unpaired) electrons. The number of para-hydroxylation sites is 2. The molecule has 1 aliphatic rings. The molecule has 3 rings (SSSR count). The van der Waals surface area contributed by atoms with Crippen LogP contribution in [0.1, 0.15) is 50.7 Å². The highest BCUT2D eigenvalue weighted by atomic mass is 16.2. The number of anilines is 2. The Bertz CT molecular complexity index is 957. The first kappa shape index (κ1) is 22.5. The summed E-state index contributed by atoms with van der Waals surface area (Å²) in [6.07, 6.45) is 1.93. The summed E-state index contributed by atoms with van der Waals surface area (Å²) < 4.78 is 0. The second kappa shape index (κ2) is 10.2. The van der Waals surface area contributed by atoms with Gasteiger partial charge in [0.25, 0.3) is 0 Å². The summed E-state index contributed by atoms with van der Waals surface area (Å²) in [6, 6.07) is 15.5. The number of rotatable bonds is 8. The van der Waals surface area contributed by atoms with Gasteiger partial charge in [0.2, 0.25) is 17.7 Å². The summed E-state index contributed by atoms with van der Waals surface area (Å²) >= 11 is 0. The van der Waals surface area contributed by atoms with Crippen LogP contribution in [0.15, 0.2) is 48.5 Å². The third-order valence-electron chi connectivity index (χ3n) is 5.96. The number of nitrogens with zero attached hydrogens (tertiary/aromatic N) is 1. The summed E-state index contributed by atoms with van der Waals surface area (Å²) in [5, 5.41) is 5.54. The molecule has 6 heteroatoms. The van der Waals surface area contributed by atoms with Crippen molar-refractivity contribution in [2.24, 2.45) is 5.92 Å². The third-order valence-corrected chi connectivity index (χ3v) is 5.96. The van der Waals surface area contributed by atoms with Crippen molar-refractivity contribution in [1.82, 2.24) is 5.32 Å². The number of aryl methyl sites for hydroxylation is 1. The molecule has 1 saturated heterocycles. The SMILES string of the molecule is CCc1ccccc1NC(=O)CNC(=O)C1CC(=O)N(c2ccccc2C(C)CC)C1. The monoisotopic (exact) mass is 421 g/mol. The van der Waals surface area contributed by atoms with Crippen molar-refractivity contribution in [3.05, 3.63) is 59.7 Å². The van der Waals surface area contributed by atoms with Crippen LogP contribution in [0, 0.1) is 5.92 Å². The van der Waals surface area contributed by atoms with Gasteiger partial charge >= 0.3 is 0 Å². The molecule has 1 aliphatic heterocycles. The molecule has 0 bridgehead atoms. The maximum absolute atomic E-state index is 12.7. The average Bonchev–Trinajstić information content (AvgIpc) is 3.18. The first-order valence-electron chi connectivity index (χ1n) is 11.0. The predicted octanol–water partition coefficient (Wildman–Crippen LogP) is 3.87. The van der Waals surface area contributed by atoms with Crippen molar-refractivity contribution in [1.29, 1.82) is 0 Å². The highest BCUT2D eigenvalue weighted by molar-refractivity contribution is 6.02. The molecule has 0 saturated carbocycles. The van der Waals surface area contributed by atoms with Crippen LogP contribution in [0.25, 0.3) is 0 Å². The van der Waals surface area contributed by atoms with Crippen LogP contribution < -0.4 is 15.5 Å². The molecule has 31 heavy (non-hydrogen) atoms. The number of benzene rings is 2. The molecule has 3 amide bonds. The fourth-order valence-corrected chi connectivity index (χ4v) is 3.94. The van der Waals surface area contributed by atoms with Crippen molar-refractivity contribution in [3.8, 4) is 0 Å². The molecule has 2 aromatic rings. The Balaban J connectivity index is 1.59. The van der Waals surface area contributed by atoms with Gasteiger partial charge in [-0.1, -0.05) is 57.2 Å². The van der Waals surface area contributed by atoms with E-state index in [0.717, 1.165) is 35.3 Å². The Morgan fingerprint density at radius 3 is 2.55 bits per heavy atom. The van der Waals surface area contributed by atoms with Gasteiger partial charge in [-0.05, 0) is 42.0 Å². The van der Waals surface area contributed by atoms with E-state index in [1.807, 2.05) is 55.5 Å². The van der Waals surface area contributed by atoms with Crippen LogP contribution in [0.4, 0.5) is 11.4 Å². The standard InChI is InChI=1S/C25H31N3O3/c1-4-17(3)20-11-7-9-13-22(20)28-16-19(14-24(28)30)25(31)26-15-23(29)27-21-12-8-6-10-18(21)5-2/h6-13,17,19H,4-5,14-16H2,1-3H3,(H,26,31)(H,27,29). The van der Waals surface area contributed by atoms with E-state index in [1.165, 1.54) is 0 Å². The van der Waals surface area contributed by atoms with Gasteiger partial charge in [0, 0.05) is 24.3 Å². The Morgan fingerprint density at radius 2 is 1.81 bits per heavy atom. The second-order valence-corrected chi connectivity index (χ2v) is 8.05. The molecule has 2 aromatic carbocycles. The lowest BCUT2D eigenvalue weighted by atomic mass is 9.96. The van der Waals surface area contributed by atoms with Crippen molar-refractivity contribution in [3.63, 3.8) is 0 Å². The highest BCUT2D eigenvalue weighted by Crippen LogP contribution is 2.33. The zero-order valence-corrected chi connectivity index (χ0v) is 18.5. The fraction of sp³-hybridized carbons (Fsp3) is 0.400. The maximum Gasteiger partial charge on any atom is 0.243 e. The van der Waals surface area contributed by atoms with Crippen molar-refractivity contribution >= 4 is 29.1 Å².